The van der Waals surface area contributed by atoms with Gasteiger partial charge >= 0.3 is 0 Å². The molecule has 204 valence electrons. The van der Waals surface area contributed by atoms with Crippen molar-refractivity contribution in [3.8, 4) is 28.8 Å². The molecule has 0 unspecified atom stereocenters. The Kier molecular flexibility index (Phi) is 7.59. The highest BCUT2D eigenvalue weighted by atomic mass is 16.6. The monoisotopic (exact) mass is 535 g/mol. The van der Waals surface area contributed by atoms with Gasteiger partial charge in [-0.15, -0.1) is 0 Å². The van der Waals surface area contributed by atoms with Crippen molar-refractivity contribution in [2.24, 2.45) is 0 Å². The third-order valence-electron chi connectivity index (χ3n) is 7.14. The fraction of sp³-hybridized carbons (Fsp3) is 0.281. The van der Waals surface area contributed by atoms with Gasteiger partial charge in [0, 0.05) is 44.1 Å². The molecular weight excluding hydrogens is 502 g/mol. The summed E-state index contributed by atoms with van der Waals surface area (Å²) in [7, 11) is 0. The number of hydrogen-bond donors (Lipinski definition) is 1. The molecule has 40 heavy (non-hydrogen) atoms. The van der Waals surface area contributed by atoms with Crippen LogP contribution in [0.25, 0.3) is 22.4 Å². The molecule has 0 aliphatic carbocycles. The van der Waals surface area contributed by atoms with Crippen molar-refractivity contribution < 1.29 is 14.6 Å². The number of fused-ring (bicyclic) bond motifs is 2. The molecule has 6 rings (SSSR count). The molecule has 3 aromatic carbocycles. The molecular formula is C32H33N5O3. The van der Waals surface area contributed by atoms with Gasteiger partial charge in [0.2, 0.25) is 5.88 Å². The predicted molar refractivity (Wildman–Crippen MR) is 154 cm³/mol. The Morgan fingerprint density at radius 3 is 2.35 bits per heavy atom. The Morgan fingerprint density at radius 2 is 1.55 bits per heavy atom. The topological polar surface area (TPSA) is 85.5 Å². The summed E-state index contributed by atoms with van der Waals surface area (Å²) in [6.07, 6.45) is 5.47. The average Bonchev–Trinajstić information content (AvgIpc) is 3.30. The lowest BCUT2D eigenvalue weighted by molar-refractivity contribution is 0.170. The molecule has 5 aromatic rings. The number of nitrogens with zero attached hydrogens (tertiary/aromatic N) is 5. The molecule has 1 aliphatic heterocycles. The molecule has 3 heterocycles. The minimum atomic E-state index is 0.0755. The van der Waals surface area contributed by atoms with Crippen LogP contribution >= 0.6 is 0 Å². The van der Waals surface area contributed by atoms with Crippen molar-refractivity contribution in [3.63, 3.8) is 0 Å². The zero-order valence-electron chi connectivity index (χ0n) is 22.7. The number of unbranched alkanes of at least 4 members (excludes halogenated alkanes) is 1. The first kappa shape index (κ1) is 25.8. The molecule has 0 saturated heterocycles. The van der Waals surface area contributed by atoms with E-state index < -0.39 is 0 Å². The van der Waals surface area contributed by atoms with Crippen LogP contribution in [0, 0.1) is 0 Å². The van der Waals surface area contributed by atoms with E-state index in [-0.39, 0.29) is 5.88 Å². The Hall–Kier alpha value is -4.43. The van der Waals surface area contributed by atoms with Crippen LogP contribution in [0.5, 0.6) is 17.4 Å². The number of aromatic nitrogens is 4. The summed E-state index contributed by atoms with van der Waals surface area (Å²) in [4.78, 5) is 15.9. The second-order valence-electron chi connectivity index (χ2n) is 10.1. The van der Waals surface area contributed by atoms with Gasteiger partial charge in [-0.3, -0.25) is 14.9 Å². The van der Waals surface area contributed by atoms with Crippen LogP contribution in [0.2, 0.25) is 0 Å². The minimum absolute atomic E-state index is 0.0755. The van der Waals surface area contributed by atoms with Crippen molar-refractivity contribution in [3.05, 3.63) is 95.9 Å². The number of aromatic hydroxyl groups is 1. The van der Waals surface area contributed by atoms with E-state index in [2.05, 4.69) is 55.6 Å². The Labute approximate surface area is 233 Å². The summed E-state index contributed by atoms with van der Waals surface area (Å²) in [5, 5.41) is 11.1. The fourth-order valence-corrected chi connectivity index (χ4v) is 5.18. The average molecular weight is 536 g/mol. The molecule has 0 fully saturated rings. The van der Waals surface area contributed by atoms with E-state index in [9.17, 15) is 5.11 Å². The van der Waals surface area contributed by atoms with Crippen LogP contribution < -0.4 is 9.47 Å². The van der Waals surface area contributed by atoms with Crippen LogP contribution in [-0.4, -0.2) is 42.7 Å². The molecule has 0 atom stereocenters. The van der Waals surface area contributed by atoms with E-state index in [1.807, 2.05) is 42.5 Å². The summed E-state index contributed by atoms with van der Waals surface area (Å²) in [6, 6.07) is 22.4. The quantitative estimate of drug-likeness (QED) is 0.236. The lowest BCUT2D eigenvalue weighted by Crippen LogP contribution is -2.24. The number of benzene rings is 3. The molecule has 0 radical (unpaired) electrons. The van der Waals surface area contributed by atoms with Gasteiger partial charge in [-0.2, -0.15) is 4.98 Å². The predicted octanol–water partition coefficient (Wildman–Crippen LogP) is 5.97. The molecule has 0 amide bonds. The molecule has 0 spiro atoms. The van der Waals surface area contributed by atoms with Crippen LogP contribution in [-0.2, 0) is 26.2 Å². The van der Waals surface area contributed by atoms with Crippen LogP contribution in [0.1, 0.15) is 36.6 Å². The summed E-state index contributed by atoms with van der Waals surface area (Å²) in [6.45, 7) is 5.89. The van der Waals surface area contributed by atoms with E-state index in [1.54, 1.807) is 12.4 Å². The van der Waals surface area contributed by atoms with Gasteiger partial charge in [0.25, 0.3) is 0 Å². The first-order valence-corrected chi connectivity index (χ1v) is 13.8. The molecule has 1 aliphatic rings. The van der Waals surface area contributed by atoms with Gasteiger partial charge in [-0.1, -0.05) is 55.8 Å². The summed E-state index contributed by atoms with van der Waals surface area (Å²) in [5.74, 6) is 2.41. The Morgan fingerprint density at radius 1 is 0.825 bits per heavy atom. The second kappa shape index (κ2) is 11.8. The normalized spacial score (nSPS) is 12.8. The van der Waals surface area contributed by atoms with Gasteiger partial charge in [0.1, 0.15) is 19.0 Å². The lowest BCUT2D eigenvalue weighted by Gasteiger charge is -2.25. The number of ether oxygens (including phenoxy) is 2. The van der Waals surface area contributed by atoms with E-state index in [1.165, 1.54) is 0 Å². The Balaban J connectivity index is 1.35. The first-order chi connectivity index (χ1) is 19.7. The fourth-order valence-electron chi connectivity index (χ4n) is 5.18. The SMILES string of the molecule is CCCCn1c(-c2ccccc2)nc(O)c1CN(Cc1ccc2c(c1)OCCO2)Cc1ccc2nccnc2c1. The molecule has 0 bridgehead atoms. The van der Waals surface area contributed by atoms with Crippen molar-refractivity contribution in [1.29, 1.82) is 0 Å². The molecule has 0 saturated carbocycles. The molecule has 8 nitrogen and oxygen atoms in total. The molecule has 1 N–H and O–H groups in total. The summed E-state index contributed by atoms with van der Waals surface area (Å²) < 4.78 is 13.8. The van der Waals surface area contributed by atoms with E-state index in [4.69, 9.17) is 9.47 Å². The van der Waals surface area contributed by atoms with Gasteiger partial charge < -0.3 is 19.1 Å². The second-order valence-corrected chi connectivity index (χ2v) is 10.1. The molecule has 2 aromatic heterocycles. The van der Waals surface area contributed by atoms with Crippen molar-refractivity contribution >= 4 is 11.0 Å². The minimum Gasteiger partial charge on any atom is -0.492 e. The summed E-state index contributed by atoms with van der Waals surface area (Å²) in [5.41, 5.74) is 5.76. The number of rotatable bonds is 10. The van der Waals surface area contributed by atoms with Gasteiger partial charge in [-0.25, -0.2) is 0 Å². The van der Waals surface area contributed by atoms with Gasteiger partial charge in [0.15, 0.2) is 11.5 Å². The van der Waals surface area contributed by atoms with Crippen LogP contribution in [0.15, 0.2) is 79.1 Å². The maximum atomic E-state index is 11.1. The highest BCUT2D eigenvalue weighted by molar-refractivity contribution is 5.74. The van der Waals surface area contributed by atoms with E-state index in [0.717, 1.165) is 70.1 Å². The zero-order valence-corrected chi connectivity index (χ0v) is 22.7. The third kappa shape index (κ3) is 5.62. The third-order valence-corrected chi connectivity index (χ3v) is 7.14. The van der Waals surface area contributed by atoms with Crippen LogP contribution in [0.3, 0.4) is 0 Å². The first-order valence-electron chi connectivity index (χ1n) is 13.8. The van der Waals surface area contributed by atoms with Crippen LogP contribution in [0.4, 0.5) is 0 Å². The maximum Gasteiger partial charge on any atom is 0.234 e. The number of hydrogen-bond acceptors (Lipinski definition) is 7. The smallest absolute Gasteiger partial charge is 0.234 e. The summed E-state index contributed by atoms with van der Waals surface area (Å²) >= 11 is 0. The lowest BCUT2D eigenvalue weighted by atomic mass is 10.1. The van der Waals surface area contributed by atoms with Gasteiger partial charge in [-0.05, 0) is 41.8 Å². The number of imidazole rings is 1. The highest BCUT2D eigenvalue weighted by Crippen LogP contribution is 2.33. The molecule has 8 heteroatoms. The largest absolute Gasteiger partial charge is 0.492 e. The van der Waals surface area contributed by atoms with E-state index in [0.29, 0.717) is 32.8 Å². The van der Waals surface area contributed by atoms with Crippen molar-refractivity contribution in [1.82, 2.24) is 24.4 Å². The zero-order chi connectivity index (χ0) is 27.3. The van der Waals surface area contributed by atoms with Crippen molar-refractivity contribution in [2.45, 2.75) is 45.9 Å². The standard InChI is InChI=1S/C32H33N5O3/c1-2-3-15-37-28(32(38)35-31(37)25-7-5-4-6-8-25)22-36(20-23-9-11-26-27(18-23)34-14-13-33-26)21-24-10-12-29-30(19-24)40-17-16-39-29/h4-14,18-19,38H,2-3,15-17,20-22H2,1H3. The van der Waals surface area contributed by atoms with Gasteiger partial charge in [0.05, 0.1) is 16.7 Å². The Bertz CT molecular complexity index is 1600. The van der Waals surface area contributed by atoms with Crippen molar-refractivity contribution in [2.75, 3.05) is 13.2 Å². The highest BCUT2D eigenvalue weighted by Gasteiger charge is 2.22. The van der Waals surface area contributed by atoms with E-state index >= 15 is 0 Å². The maximum absolute atomic E-state index is 11.1.